The molecule has 1 N–H and O–H groups in total. The van der Waals surface area contributed by atoms with Crippen LogP contribution in [-0.2, 0) is 11.2 Å². The monoisotopic (exact) mass is 441 g/mol. The Morgan fingerprint density at radius 3 is 2.42 bits per heavy atom. The van der Waals surface area contributed by atoms with Gasteiger partial charge in [-0.15, -0.1) is 0 Å². The molecule has 5 rings (SSSR count). The molecule has 0 radical (unpaired) electrons. The largest absolute Gasteiger partial charge is 0.379 e. The molecule has 1 saturated heterocycles. The zero-order chi connectivity index (χ0) is 22.6. The maximum absolute atomic E-state index is 13.0. The van der Waals surface area contributed by atoms with E-state index in [1.807, 2.05) is 42.5 Å². The Morgan fingerprint density at radius 1 is 0.939 bits per heavy atom. The Bertz CT molecular complexity index is 1090. The molecular weight excluding hydrogens is 410 g/mol. The van der Waals surface area contributed by atoms with Crippen LogP contribution in [0.3, 0.4) is 0 Å². The van der Waals surface area contributed by atoms with Crippen LogP contribution < -0.4 is 10.2 Å². The Kier molecular flexibility index (Phi) is 6.42. The number of benzene rings is 3. The third-order valence-electron chi connectivity index (χ3n) is 6.81. The number of hydrogen-bond acceptors (Lipinski definition) is 4. The van der Waals surface area contributed by atoms with Crippen LogP contribution in [0.1, 0.15) is 27.5 Å². The maximum atomic E-state index is 13.0. The predicted molar refractivity (Wildman–Crippen MR) is 133 cm³/mol. The van der Waals surface area contributed by atoms with Gasteiger partial charge in [0.1, 0.15) is 0 Å². The Morgan fingerprint density at radius 2 is 1.67 bits per heavy atom. The van der Waals surface area contributed by atoms with Crippen molar-refractivity contribution in [3.05, 3.63) is 89.5 Å². The molecule has 2 aliphatic heterocycles. The van der Waals surface area contributed by atoms with Crippen LogP contribution in [0.2, 0.25) is 0 Å². The smallest absolute Gasteiger partial charge is 0.251 e. The molecule has 1 unspecified atom stereocenters. The first-order valence-corrected chi connectivity index (χ1v) is 11.8. The Hall–Kier alpha value is -3.15. The number of fused-ring (bicyclic) bond motifs is 1. The molecule has 170 valence electrons. The number of nitrogens with one attached hydrogen (secondary N) is 1. The van der Waals surface area contributed by atoms with E-state index in [2.05, 4.69) is 52.5 Å². The molecule has 2 aliphatic rings. The molecule has 0 bridgehead atoms. The summed E-state index contributed by atoms with van der Waals surface area (Å²) >= 11 is 0. The highest BCUT2D eigenvalue weighted by molar-refractivity contribution is 5.94. The number of hydrogen-bond donors (Lipinski definition) is 1. The number of carbonyl (C=O) groups excluding carboxylic acids is 1. The molecule has 0 aromatic heterocycles. The minimum Gasteiger partial charge on any atom is -0.379 e. The molecule has 3 aromatic rings. The maximum Gasteiger partial charge on any atom is 0.251 e. The van der Waals surface area contributed by atoms with Crippen LogP contribution in [0.5, 0.6) is 0 Å². The lowest BCUT2D eigenvalue weighted by Gasteiger charge is -2.35. The van der Waals surface area contributed by atoms with Crippen molar-refractivity contribution in [1.29, 1.82) is 0 Å². The van der Waals surface area contributed by atoms with Gasteiger partial charge < -0.3 is 15.0 Å². The number of nitrogens with zero attached hydrogens (tertiary/aromatic N) is 2. The van der Waals surface area contributed by atoms with Crippen LogP contribution >= 0.6 is 0 Å². The zero-order valence-electron chi connectivity index (χ0n) is 19.2. The van der Waals surface area contributed by atoms with Crippen molar-refractivity contribution in [2.75, 3.05) is 51.3 Å². The number of amides is 1. The van der Waals surface area contributed by atoms with Crippen molar-refractivity contribution >= 4 is 11.6 Å². The molecule has 1 fully saturated rings. The van der Waals surface area contributed by atoms with Crippen LogP contribution in [0.25, 0.3) is 11.1 Å². The van der Waals surface area contributed by atoms with Crippen molar-refractivity contribution in [2.45, 2.75) is 12.5 Å². The van der Waals surface area contributed by atoms with Gasteiger partial charge >= 0.3 is 0 Å². The van der Waals surface area contributed by atoms with Gasteiger partial charge in [0.05, 0.1) is 19.3 Å². The van der Waals surface area contributed by atoms with Gasteiger partial charge in [0.15, 0.2) is 0 Å². The second-order valence-corrected chi connectivity index (χ2v) is 8.88. The molecule has 5 heteroatoms. The number of likely N-dealkylation sites (N-methyl/N-ethyl adjacent to an activating group) is 1. The zero-order valence-corrected chi connectivity index (χ0v) is 19.2. The van der Waals surface area contributed by atoms with Crippen molar-refractivity contribution in [2.24, 2.45) is 0 Å². The van der Waals surface area contributed by atoms with E-state index in [-0.39, 0.29) is 11.9 Å². The minimum absolute atomic E-state index is 0.0336. The summed E-state index contributed by atoms with van der Waals surface area (Å²) in [6.07, 6.45) is 1.08. The predicted octanol–water partition coefficient (Wildman–Crippen LogP) is 4.15. The van der Waals surface area contributed by atoms with Gasteiger partial charge in [-0.25, -0.2) is 0 Å². The fourth-order valence-electron chi connectivity index (χ4n) is 4.88. The quantitative estimate of drug-likeness (QED) is 0.624. The van der Waals surface area contributed by atoms with E-state index in [1.54, 1.807) is 0 Å². The SMILES string of the molecule is CN1CCc2cc(C(CNC(=O)c3ccc(-c4ccccc4)cc3)N3CCOCC3)ccc21. The van der Waals surface area contributed by atoms with Gasteiger partial charge in [0, 0.05) is 44.5 Å². The average molecular weight is 442 g/mol. The van der Waals surface area contributed by atoms with Crippen LogP contribution in [0, 0.1) is 0 Å². The molecule has 1 amide bonds. The van der Waals surface area contributed by atoms with E-state index in [9.17, 15) is 4.79 Å². The first-order valence-electron chi connectivity index (χ1n) is 11.8. The molecule has 0 saturated carbocycles. The van der Waals surface area contributed by atoms with Gasteiger partial charge in [-0.3, -0.25) is 9.69 Å². The summed E-state index contributed by atoms with van der Waals surface area (Å²) in [6, 6.07) is 25.0. The number of carbonyl (C=O) groups is 1. The second kappa shape index (κ2) is 9.77. The van der Waals surface area contributed by atoms with Crippen molar-refractivity contribution in [3.8, 4) is 11.1 Å². The fraction of sp³-hybridized carbons (Fsp3) is 0.321. The summed E-state index contributed by atoms with van der Waals surface area (Å²) in [7, 11) is 2.15. The number of rotatable bonds is 6. The van der Waals surface area contributed by atoms with Crippen molar-refractivity contribution in [1.82, 2.24) is 10.2 Å². The first kappa shape index (κ1) is 21.7. The second-order valence-electron chi connectivity index (χ2n) is 8.88. The molecule has 33 heavy (non-hydrogen) atoms. The van der Waals surface area contributed by atoms with Gasteiger partial charge in [0.2, 0.25) is 0 Å². The first-order chi connectivity index (χ1) is 16.2. The van der Waals surface area contributed by atoms with Crippen molar-refractivity contribution < 1.29 is 9.53 Å². The number of anilines is 1. The molecule has 3 aromatic carbocycles. The summed E-state index contributed by atoms with van der Waals surface area (Å²) in [4.78, 5) is 17.7. The Labute approximate surface area is 196 Å². The molecule has 0 aliphatic carbocycles. The van der Waals surface area contributed by atoms with E-state index in [1.165, 1.54) is 16.8 Å². The highest BCUT2D eigenvalue weighted by Gasteiger charge is 2.25. The van der Waals surface area contributed by atoms with Gasteiger partial charge in [0.25, 0.3) is 5.91 Å². The van der Waals surface area contributed by atoms with Crippen LogP contribution in [0.4, 0.5) is 5.69 Å². The topological polar surface area (TPSA) is 44.8 Å². The minimum atomic E-state index is -0.0336. The van der Waals surface area contributed by atoms with Gasteiger partial charge in [-0.05, 0) is 46.9 Å². The van der Waals surface area contributed by atoms with E-state index in [0.717, 1.165) is 50.4 Å². The van der Waals surface area contributed by atoms with E-state index in [4.69, 9.17) is 4.74 Å². The molecular formula is C28H31N3O2. The summed E-state index contributed by atoms with van der Waals surface area (Å²) in [5, 5.41) is 3.20. The van der Waals surface area contributed by atoms with E-state index >= 15 is 0 Å². The molecule has 0 spiro atoms. The average Bonchev–Trinajstić information content (AvgIpc) is 3.25. The fourth-order valence-corrected chi connectivity index (χ4v) is 4.88. The van der Waals surface area contributed by atoms with Gasteiger partial charge in [-0.1, -0.05) is 54.6 Å². The lowest BCUT2D eigenvalue weighted by Crippen LogP contribution is -2.43. The summed E-state index contributed by atoms with van der Waals surface area (Å²) in [5.74, 6) is -0.0336. The van der Waals surface area contributed by atoms with Crippen LogP contribution in [-0.4, -0.2) is 57.2 Å². The molecule has 2 heterocycles. The standard InChI is InChI=1S/C28H31N3O2/c1-30-14-13-25-19-24(11-12-26(25)30)27(31-15-17-33-18-16-31)20-29-28(32)23-9-7-22(8-10-23)21-5-3-2-4-6-21/h2-12,19,27H,13-18,20H2,1H3,(H,29,32). The van der Waals surface area contributed by atoms with E-state index < -0.39 is 0 Å². The Balaban J connectivity index is 1.31. The van der Waals surface area contributed by atoms with Crippen molar-refractivity contribution in [3.63, 3.8) is 0 Å². The third kappa shape index (κ3) is 4.80. The normalized spacial score (nSPS) is 16.9. The summed E-state index contributed by atoms with van der Waals surface area (Å²) in [5.41, 5.74) is 6.94. The third-order valence-corrected chi connectivity index (χ3v) is 6.81. The highest BCUT2D eigenvalue weighted by Crippen LogP contribution is 2.31. The molecule has 5 nitrogen and oxygen atoms in total. The summed E-state index contributed by atoms with van der Waals surface area (Å²) in [6.45, 7) is 4.87. The lowest BCUT2D eigenvalue weighted by molar-refractivity contribution is 0.0162. The van der Waals surface area contributed by atoms with Gasteiger partial charge in [-0.2, -0.15) is 0 Å². The van der Waals surface area contributed by atoms with E-state index in [0.29, 0.717) is 12.1 Å². The highest BCUT2D eigenvalue weighted by atomic mass is 16.5. The summed E-state index contributed by atoms with van der Waals surface area (Å²) < 4.78 is 5.58. The number of morpholine rings is 1. The number of ether oxygens (including phenoxy) is 1. The lowest BCUT2D eigenvalue weighted by atomic mass is 10.00. The van der Waals surface area contributed by atoms with Crippen LogP contribution in [0.15, 0.2) is 72.8 Å². The molecule has 1 atom stereocenters.